The second kappa shape index (κ2) is 9.28. The molecule has 1 aromatic rings. The Morgan fingerprint density at radius 3 is 2.93 bits per heavy atom. The number of aliphatic imine (C=N–C) groups is 1. The van der Waals surface area contributed by atoms with Crippen molar-refractivity contribution in [2.45, 2.75) is 44.7 Å². The predicted molar refractivity (Wildman–Crippen MR) is 109 cm³/mol. The molecule has 1 fully saturated rings. The van der Waals surface area contributed by atoms with Gasteiger partial charge >= 0.3 is 0 Å². The van der Waals surface area contributed by atoms with Crippen LogP contribution in [0.2, 0.25) is 5.02 Å². The topological polar surface area (TPSA) is 86.8 Å². The fourth-order valence-corrected chi connectivity index (χ4v) is 3.80. The van der Waals surface area contributed by atoms with Crippen molar-refractivity contribution in [3.05, 3.63) is 22.7 Å². The predicted octanol–water partition coefficient (Wildman–Crippen LogP) is 2.37. The highest BCUT2D eigenvalue weighted by Crippen LogP contribution is 2.31. The molecule has 0 aliphatic carbocycles. The molecule has 2 atom stereocenters. The number of hydrogen-bond donors (Lipinski definition) is 4. The van der Waals surface area contributed by atoms with Gasteiger partial charge in [0.25, 0.3) is 5.91 Å². The highest BCUT2D eigenvalue weighted by Gasteiger charge is 2.27. The van der Waals surface area contributed by atoms with E-state index >= 15 is 0 Å². The lowest BCUT2D eigenvalue weighted by Crippen LogP contribution is -2.47. The van der Waals surface area contributed by atoms with Crippen LogP contribution < -0.4 is 26.0 Å². The molecule has 27 heavy (non-hydrogen) atoms. The average molecular weight is 394 g/mol. The van der Waals surface area contributed by atoms with E-state index in [1.807, 2.05) is 0 Å². The number of nitrogens with zero attached hydrogens (tertiary/aromatic N) is 1. The number of amides is 1. The number of nitrogens with one attached hydrogen (secondary N) is 4. The lowest BCUT2D eigenvalue weighted by molar-refractivity contribution is 0.0923. The maximum atomic E-state index is 12.9. The quantitative estimate of drug-likeness (QED) is 0.571. The van der Waals surface area contributed by atoms with Crippen molar-refractivity contribution in [3.63, 3.8) is 0 Å². The Morgan fingerprint density at radius 1 is 1.44 bits per heavy atom. The molecule has 2 aliphatic heterocycles. The van der Waals surface area contributed by atoms with Crippen molar-refractivity contribution >= 4 is 29.2 Å². The SMILES string of the molecule is CCCC(NC(=O)c1cc(Cl)c(NC2=NCCN2)cc1OC)C1CCCN1. The van der Waals surface area contributed by atoms with Crippen LogP contribution in [0.3, 0.4) is 0 Å². The number of guanidine groups is 1. The largest absolute Gasteiger partial charge is 0.496 e. The van der Waals surface area contributed by atoms with E-state index in [9.17, 15) is 4.79 Å². The summed E-state index contributed by atoms with van der Waals surface area (Å²) in [6.45, 7) is 4.66. The van der Waals surface area contributed by atoms with Gasteiger partial charge in [-0.3, -0.25) is 9.79 Å². The average Bonchev–Trinajstić information content (AvgIpc) is 3.36. The number of benzene rings is 1. The highest BCUT2D eigenvalue weighted by atomic mass is 35.5. The summed E-state index contributed by atoms with van der Waals surface area (Å²) in [6.07, 6.45) is 4.18. The summed E-state index contributed by atoms with van der Waals surface area (Å²) in [5, 5.41) is 13.4. The maximum absolute atomic E-state index is 12.9. The van der Waals surface area contributed by atoms with Crippen molar-refractivity contribution in [1.82, 2.24) is 16.0 Å². The lowest BCUT2D eigenvalue weighted by atomic mass is 10.0. The van der Waals surface area contributed by atoms with Gasteiger partial charge in [0.2, 0.25) is 0 Å². The van der Waals surface area contributed by atoms with Crippen LogP contribution in [0.4, 0.5) is 5.69 Å². The number of halogens is 1. The summed E-state index contributed by atoms with van der Waals surface area (Å²) in [5.41, 5.74) is 1.09. The molecule has 0 radical (unpaired) electrons. The summed E-state index contributed by atoms with van der Waals surface area (Å²) in [7, 11) is 1.55. The first-order valence-corrected chi connectivity index (χ1v) is 9.97. The zero-order valence-corrected chi connectivity index (χ0v) is 16.7. The summed E-state index contributed by atoms with van der Waals surface area (Å²) in [5.74, 6) is 0.989. The number of ether oxygens (including phenoxy) is 1. The molecule has 0 aromatic heterocycles. The number of carbonyl (C=O) groups is 1. The van der Waals surface area contributed by atoms with Gasteiger partial charge in [0.15, 0.2) is 5.96 Å². The number of carbonyl (C=O) groups excluding carboxylic acids is 1. The summed E-state index contributed by atoms with van der Waals surface area (Å²) < 4.78 is 5.46. The smallest absolute Gasteiger partial charge is 0.255 e. The van der Waals surface area contributed by atoms with E-state index in [0.29, 0.717) is 34.0 Å². The molecule has 7 nitrogen and oxygen atoms in total. The fourth-order valence-electron chi connectivity index (χ4n) is 3.59. The zero-order valence-electron chi connectivity index (χ0n) is 15.9. The molecule has 2 aliphatic rings. The number of methoxy groups -OCH3 is 1. The molecule has 0 bridgehead atoms. The van der Waals surface area contributed by atoms with Crippen LogP contribution in [0.5, 0.6) is 5.75 Å². The number of rotatable bonds is 7. The van der Waals surface area contributed by atoms with Gasteiger partial charge in [-0.05, 0) is 31.9 Å². The highest BCUT2D eigenvalue weighted by molar-refractivity contribution is 6.34. The molecular formula is C19H28ClN5O2. The summed E-state index contributed by atoms with van der Waals surface area (Å²) in [6, 6.07) is 3.81. The lowest BCUT2D eigenvalue weighted by Gasteiger charge is -2.25. The molecule has 1 aromatic carbocycles. The van der Waals surface area contributed by atoms with Crippen LogP contribution >= 0.6 is 11.6 Å². The molecule has 0 saturated carbocycles. The van der Waals surface area contributed by atoms with Crippen molar-refractivity contribution in [3.8, 4) is 5.75 Å². The fraction of sp³-hybridized carbons (Fsp3) is 0.579. The molecular weight excluding hydrogens is 366 g/mol. The Bertz CT molecular complexity index is 704. The minimum absolute atomic E-state index is 0.100. The minimum atomic E-state index is -0.163. The summed E-state index contributed by atoms with van der Waals surface area (Å²) >= 11 is 6.41. The Balaban J connectivity index is 1.77. The van der Waals surface area contributed by atoms with Crippen molar-refractivity contribution < 1.29 is 9.53 Å². The second-order valence-corrected chi connectivity index (χ2v) is 7.29. The normalized spacial score (nSPS) is 20.0. The van der Waals surface area contributed by atoms with Gasteiger partial charge in [-0.15, -0.1) is 0 Å². The van der Waals surface area contributed by atoms with E-state index in [2.05, 4.69) is 33.2 Å². The number of anilines is 1. The maximum Gasteiger partial charge on any atom is 0.255 e. The Labute approximate surface area is 165 Å². The molecule has 1 saturated heterocycles. The van der Waals surface area contributed by atoms with E-state index < -0.39 is 0 Å². The van der Waals surface area contributed by atoms with E-state index in [1.165, 1.54) is 0 Å². The molecule has 0 spiro atoms. The van der Waals surface area contributed by atoms with Crippen molar-refractivity contribution in [2.24, 2.45) is 4.99 Å². The van der Waals surface area contributed by atoms with Gasteiger partial charge in [0, 0.05) is 24.7 Å². The molecule has 4 N–H and O–H groups in total. The monoisotopic (exact) mass is 393 g/mol. The van der Waals surface area contributed by atoms with Crippen LogP contribution in [0.15, 0.2) is 17.1 Å². The van der Waals surface area contributed by atoms with E-state index in [0.717, 1.165) is 45.3 Å². The van der Waals surface area contributed by atoms with Crippen LogP contribution in [-0.4, -0.2) is 50.7 Å². The first kappa shape index (κ1) is 19.8. The van der Waals surface area contributed by atoms with Gasteiger partial charge in [-0.2, -0.15) is 0 Å². The van der Waals surface area contributed by atoms with Crippen LogP contribution in [0.25, 0.3) is 0 Å². The molecule has 2 heterocycles. The van der Waals surface area contributed by atoms with Crippen LogP contribution in [-0.2, 0) is 0 Å². The van der Waals surface area contributed by atoms with E-state index in [1.54, 1.807) is 19.2 Å². The van der Waals surface area contributed by atoms with Gasteiger partial charge in [0.05, 0.1) is 29.9 Å². The van der Waals surface area contributed by atoms with E-state index in [4.69, 9.17) is 16.3 Å². The Kier molecular flexibility index (Phi) is 6.79. The third kappa shape index (κ3) is 4.84. The van der Waals surface area contributed by atoms with Gasteiger partial charge < -0.3 is 26.0 Å². The first-order valence-electron chi connectivity index (χ1n) is 9.59. The molecule has 2 unspecified atom stereocenters. The summed E-state index contributed by atoms with van der Waals surface area (Å²) in [4.78, 5) is 17.2. The van der Waals surface area contributed by atoms with Crippen molar-refractivity contribution in [1.29, 1.82) is 0 Å². The number of hydrogen-bond acceptors (Lipinski definition) is 6. The Morgan fingerprint density at radius 2 is 2.30 bits per heavy atom. The van der Waals surface area contributed by atoms with Gasteiger partial charge in [-0.1, -0.05) is 24.9 Å². The van der Waals surface area contributed by atoms with E-state index in [-0.39, 0.29) is 11.9 Å². The van der Waals surface area contributed by atoms with Crippen LogP contribution in [0.1, 0.15) is 43.0 Å². The van der Waals surface area contributed by atoms with Crippen LogP contribution in [0, 0.1) is 0 Å². The van der Waals surface area contributed by atoms with Gasteiger partial charge in [0.1, 0.15) is 5.75 Å². The zero-order chi connectivity index (χ0) is 19.2. The molecule has 3 rings (SSSR count). The molecule has 8 heteroatoms. The first-order chi connectivity index (χ1) is 13.1. The Hall–Kier alpha value is -1.99. The standard InChI is InChI=1S/C19H28ClN5O2/c1-3-5-15(14-6-4-7-21-14)24-18(26)12-10-13(20)16(11-17(12)27-2)25-19-22-8-9-23-19/h10-11,14-15,21H,3-9H2,1-2H3,(H,24,26)(H2,22,23,25). The third-order valence-electron chi connectivity index (χ3n) is 4.96. The second-order valence-electron chi connectivity index (χ2n) is 6.89. The molecule has 1 amide bonds. The molecule has 148 valence electrons. The third-order valence-corrected chi connectivity index (χ3v) is 5.27. The van der Waals surface area contributed by atoms with Gasteiger partial charge in [-0.25, -0.2) is 0 Å². The minimum Gasteiger partial charge on any atom is -0.496 e. The van der Waals surface area contributed by atoms with Crippen molar-refractivity contribution in [2.75, 3.05) is 32.1 Å².